The van der Waals surface area contributed by atoms with Crippen LogP contribution in [0.5, 0.6) is 0 Å². The molecule has 0 saturated carbocycles. The van der Waals surface area contributed by atoms with E-state index in [9.17, 15) is 0 Å². The number of rotatable bonds is 7. The first-order valence-electron chi connectivity index (χ1n) is 21.2. The molecule has 0 radical (unpaired) electrons. The first-order valence-corrected chi connectivity index (χ1v) is 21.2. The molecule has 0 aliphatic rings. The second kappa shape index (κ2) is 14.8. The smallest absolute Gasteiger partial charge is 0.143 e. The van der Waals surface area contributed by atoms with Crippen LogP contribution in [0.1, 0.15) is 0 Å². The lowest BCUT2D eigenvalue weighted by atomic mass is 9.90. The Labute approximate surface area is 360 Å². The van der Waals surface area contributed by atoms with Crippen LogP contribution in [0.2, 0.25) is 0 Å². The summed E-state index contributed by atoms with van der Waals surface area (Å²) in [7, 11) is 0. The highest BCUT2D eigenvalue weighted by molar-refractivity contribution is 6.13. The molecule has 62 heavy (non-hydrogen) atoms. The molecule has 2 heteroatoms. The van der Waals surface area contributed by atoms with Gasteiger partial charge < -0.3 is 8.98 Å². The quantitative estimate of drug-likeness (QED) is 0.157. The third kappa shape index (κ3) is 6.20. The van der Waals surface area contributed by atoms with Gasteiger partial charge in [0.25, 0.3) is 0 Å². The molecule has 12 rings (SSSR count). The Morgan fingerprint density at radius 3 is 1.44 bits per heavy atom. The minimum absolute atomic E-state index is 0.891. The molecule has 0 unspecified atom stereocenters. The van der Waals surface area contributed by atoms with Gasteiger partial charge in [-0.2, -0.15) is 0 Å². The molecular formula is C60H39NO. The summed E-state index contributed by atoms with van der Waals surface area (Å²) in [6.07, 6.45) is 0. The Morgan fingerprint density at radius 1 is 0.258 bits per heavy atom. The summed E-state index contributed by atoms with van der Waals surface area (Å²) in [4.78, 5) is 0. The fourth-order valence-corrected chi connectivity index (χ4v) is 9.33. The summed E-state index contributed by atoms with van der Waals surface area (Å²) in [5.41, 5.74) is 19.2. The second-order valence-electron chi connectivity index (χ2n) is 16.1. The van der Waals surface area contributed by atoms with Crippen molar-refractivity contribution in [3.05, 3.63) is 237 Å². The van der Waals surface area contributed by atoms with Gasteiger partial charge in [-0.15, -0.1) is 0 Å². The van der Waals surface area contributed by atoms with Crippen molar-refractivity contribution in [1.29, 1.82) is 0 Å². The van der Waals surface area contributed by atoms with Crippen molar-refractivity contribution in [3.63, 3.8) is 0 Å². The average molecular weight is 790 g/mol. The van der Waals surface area contributed by atoms with Crippen LogP contribution in [-0.4, -0.2) is 4.57 Å². The molecule has 0 aliphatic carbocycles. The Morgan fingerprint density at radius 2 is 0.742 bits per heavy atom. The zero-order chi connectivity index (χ0) is 41.0. The van der Waals surface area contributed by atoms with E-state index in [1.165, 1.54) is 49.6 Å². The number of nitrogens with zero attached hydrogens (tertiary/aromatic N) is 1. The standard InChI is InChI=1S/C60H39NO/c1-5-16-40(17-6-1)43-22-15-23-44(32-43)47-33-48(35-49(34-47)50-37-54(42-20-9-3-10-21-42)60-56(38-50)53-26-13-14-27-59(53)62-60)46-28-30-52-55-36-45(41-18-7-2-8-19-41)29-31-57(55)61(58(52)39-46)51-24-11-4-12-25-51/h1-39H. The molecule has 2 heterocycles. The molecule has 12 aromatic rings. The number of furan rings is 1. The third-order valence-electron chi connectivity index (χ3n) is 12.4. The molecule has 0 aliphatic heterocycles. The topological polar surface area (TPSA) is 18.1 Å². The van der Waals surface area contributed by atoms with E-state index in [0.29, 0.717) is 0 Å². The van der Waals surface area contributed by atoms with Crippen molar-refractivity contribution in [2.75, 3.05) is 0 Å². The van der Waals surface area contributed by atoms with E-state index in [1.54, 1.807) is 0 Å². The van der Waals surface area contributed by atoms with E-state index in [1.807, 2.05) is 6.07 Å². The number of aromatic nitrogens is 1. The molecule has 0 amide bonds. The van der Waals surface area contributed by atoms with Crippen molar-refractivity contribution in [3.8, 4) is 72.4 Å². The van der Waals surface area contributed by atoms with E-state index >= 15 is 0 Å². The number of hydrogen-bond acceptors (Lipinski definition) is 1. The Kier molecular flexibility index (Phi) is 8.53. The second-order valence-corrected chi connectivity index (χ2v) is 16.1. The van der Waals surface area contributed by atoms with Gasteiger partial charge in [0.2, 0.25) is 0 Å². The van der Waals surface area contributed by atoms with Gasteiger partial charge in [-0.25, -0.2) is 0 Å². The van der Waals surface area contributed by atoms with Crippen molar-refractivity contribution in [2.24, 2.45) is 0 Å². The minimum atomic E-state index is 0.891. The monoisotopic (exact) mass is 789 g/mol. The molecule has 10 aromatic carbocycles. The fourth-order valence-electron chi connectivity index (χ4n) is 9.33. The van der Waals surface area contributed by atoms with Gasteiger partial charge in [-0.3, -0.25) is 0 Å². The third-order valence-corrected chi connectivity index (χ3v) is 12.4. The predicted octanol–water partition coefficient (Wildman–Crippen LogP) is 16.7. The highest BCUT2D eigenvalue weighted by Gasteiger charge is 2.19. The highest BCUT2D eigenvalue weighted by atomic mass is 16.3. The van der Waals surface area contributed by atoms with Gasteiger partial charge in [0, 0.05) is 32.8 Å². The molecule has 0 N–H and O–H groups in total. The Balaban J connectivity index is 1.10. The lowest BCUT2D eigenvalue weighted by Crippen LogP contribution is -1.93. The number of fused-ring (bicyclic) bond motifs is 6. The molecule has 0 saturated heterocycles. The highest BCUT2D eigenvalue weighted by Crippen LogP contribution is 2.43. The largest absolute Gasteiger partial charge is 0.455 e. The van der Waals surface area contributed by atoms with E-state index in [-0.39, 0.29) is 0 Å². The Hall–Kier alpha value is -8.20. The zero-order valence-corrected chi connectivity index (χ0v) is 33.9. The molecule has 290 valence electrons. The average Bonchev–Trinajstić information content (AvgIpc) is 3.90. The SMILES string of the molecule is c1ccc(-c2cccc(-c3cc(-c4cc(-c5ccccc5)c5oc6ccccc6c5c4)cc(-c4ccc5c6cc(-c7ccccc7)ccc6n(-c6ccccc6)c5c4)c3)c2)cc1. The maximum atomic E-state index is 6.61. The molecule has 0 bridgehead atoms. The van der Waals surface area contributed by atoms with Crippen LogP contribution in [-0.2, 0) is 0 Å². The van der Waals surface area contributed by atoms with Crippen molar-refractivity contribution >= 4 is 43.7 Å². The van der Waals surface area contributed by atoms with Gasteiger partial charge in [-0.05, 0) is 134 Å². The molecule has 0 spiro atoms. The van der Waals surface area contributed by atoms with E-state index in [2.05, 4.69) is 235 Å². The van der Waals surface area contributed by atoms with Crippen molar-refractivity contribution < 1.29 is 4.42 Å². The molecule has 2 aromatic heterocycles. The van der Waals surface area contributed by atoms with Gasteiger partial charge in [-0.1, -0.05) is 164 Å². The molecule has 0 atom stereocenters. The van der Waals surface area contributed by atoms with Crippen LogP contribution in [0.15, 0.2) is 241 Å². The minimum Gasteiger partial charge on any atom is -0.455 e. The normalized spacial score (nSPS) is 11.5. The van der Waals surface area contributed by atoms with Gasteiger partial charge >= 0.3 is 0 Å². The van der Waals surface area contributed by atoms with Gasteiger partial charge in [0.15, 0.2) is 0 Å². The van der Waals surface area contributed by atoms with Crippen molar-refractivity contribution in [2.45, 2.75) is 0 Å². The molecule has 0 fully saturated rings. The summed E-state index contributed by atoms with van der Waals surface area (Å²) < 4.78 is 9.03. The van der Waals surface area contributed by atoms with E-state index in [4.69, 9.17) is 4.42 Å². The van der Waals surface area contributed by atoms with Gasteiger partial charge in [0.1, 0.15) is 11.2 Å². The van der Waals surface area contributed by atoms with E-state index < -0.39 is 0 Å². The number of hydrogen-bond donors (Lipinski definition) is 0. The maximum Gasteiger partial charge on any atom is 0.143 e. The lowest BCUT2D eigenvalue weighted by Gasteiger charge is -2.14. The Bertz CT molecular complexity index is 3600. The molecular weight excluding hydrogens is 751 g/mol. The summed E-state index contributed by atoms with van der Waals surface area (Å²) >= 11 is 0. The number of benzene rings is 10. The van der Waals surface area contributed by atoms with Crippen LogP contribution >= 0.6 is 0 Å². The van der Waals surface area contributed by atoms with E-state index in [0.717, 1.165) is 66.6 Å². The summed E-state index contributed by atoms with van der Waals surface area (Å²) in [6, 6.07) is 85.6. The predicted molar refractivity (Wildman–Crippen MR) is 261 cm³/mol. The maximum absolute atomic E-state index is 6.61. The lowest BCUT2D eigenvalue weighted by molar-refractivity contribution is 0.670. The zero-order valence-electron chi connectivity index (χ0n) is 33.9. The van der Waals surface area contributed by atoms with Crippen LogP contribution in [0.3, 0.4) is 0 Å². The van der Waals surface area contributed by atoms with Crippen LogP contribution in [0.25, 0.3) is 116 Å². The molecule has 2 nitrogen and oxygen atoms in total. The van der Waals surface area contributed by atoms with Gasteiger partial charge in [0.05, 0.1) is 11.0 Å². The first-order chi connectivity index (χ1) is 30.7. The summed E-state index contributed by atoms with van der Waals surface area (Å²) in [5, 5.41) is 4.68. The summed E-state index contributed by atoms with van der Waals surface area (Å²) in [6.45, 7) is 0. The fraction of sp³-hybridized carbons (Fsp3) is 0. The van der Waals surface area contributed by atoms with Crippen molar-refractivity contribution in [1.82, 2.24) is 4.57 Å². The van der Waals surface area contributed by atoms with Crippen LogP contribution < -0.4 is 0 Å². The van der Waals surface area contributed by atoms with Crippen LogP contribution in [0.4, 0.5) is 0 Å². The number of para-hydroxylation sites is 2. The van der Waals surface area contributed by atoms with Crippen LogP contribution in [0, 0.1) is 0 Å². The summed E-state index contributed by atoms with van der Waals surface area (Å²) in [5.74, 6) is 0. The first kappa shape index (κ1) is 35.7.